The van der Waals surface area contributed by atoms with Gasteiger partial charge in [-0.05, 0) is 19.8 Å². The van der Waals surface area contributed by atoms with E-state index in [1.807, 2.05) is 13.8 Å². The molecule has 4 heteroatoms. The van der Waals surface area contributed by atoms with Crippen LogP contribution in [0.5, 0.6) is 0 Å². The van der Waals surface area contributed by atoms with Crippen molar-refractivity contribution in [2.45, 2.75) is 45.0 Å². The third kappa shape index (κ3) is 3.41. The second-order valence-corrected chi connectivity index (χ2v) is 4.01. The van der Waals surface area contributed by atoms with Gasteiger partial charge in [0, 0.05) is 19.1 Å². The van der Waals surface area contributed by atoms with E-state index in [9.17, 15) is 10.2 Å². The number of hydrogen-bond acceptors (Lipinski definition) is 4. The molecule has 0 saturated carbocycles. The first-order valence-corrected chi connectivity index (χ1v) is 5.76. The summed E-state index contributed by atoms with van der Waals surface area (Å²) in [6.45, 7) is 5.70. The van der Waals surface area contributed by atoms with Crippen LogP contribution >= 0.6 is 0 Å². The minimum Gasteiger partial charge on any atom is -0.390 e. The molecule has 4 unspecified atom stereocenters. The van der Waals surface area contributed by atoms with E-state index in [2.05, 4.69) is 0 Å². The van der Waals surface area contributed by atoms with Gasteiger partial charge in [0.15, 0.2) is 0 Å². The standard InChI is InChI=1S/C11H22O4/c1-3-8-7-15-9(5-6-14-4-2)11(13)10(8)12/h8-13H,3-7H2,1-2H3. The zero-order chi connectivity index (χ0) is 11.3. The van der Waals surface area contributed by atoms with Crippen LogP contribution in [0, 0.1) is 5.92 Å². The van der Waals surface area contributed by atoms with Crippen molar-refractivity contribution in [3.8, 4) is 0 Å². The van der Waals surface area contributed by atoms with E-state index in [4.69, 9.17) is 9.47 Å². The van der Waals surface area contributed by atoms with Crippen molar-refractivity contribution in [1.82, 2.24) is 0 Å². The van der Waals surface area contributed by atoms with Crippen LogP contribution in [-0.2, 0) is 9.47 Å². The highest BCUT2D eigenvalue weighted by atomic mass is 16.5. The summed E-state index contributed by atoms with van der Waals surface area (Å²) in [5, 5.41) is 19.6. The first kappa shape index (κ1) is 12.9. The summed E-state index contributed by atoms with van der Waals surface area (Å²) in [5.74, 6) is 0.0587. The normalized spacial score (nSPS) is 36.8. The lowest BCUT2D eigenvalue weighted by Crippen LogP contribution is -2.50. The van der Waals surface area contributed by atoms with E-state index in [-0.39, 0.29) is 12.0 Å². The van der Waals surface area contributed by atoms with E-state index >= 15 is 0 Å². The number of rotatable bonds is 5. The van der Waals surface area contributed by atoms with Gasteiger partial charge in [-0.15, -0.1) is 0 Å². The van der Waals surface area contributed by atoms with Crippen molar-refractivity contribution < 1.29 is 19.7 Å². The van der Waals surface area contributed by atoms with Gasteiger partial charge in [-0.25, -0.2) is 0 Å². The lowest BCUT2D eigenvalue weighted by atomic mass is 9.89. The molecule has 0 spiro atoms. The fourth-order valence-electron chi connectivity index (χ4n) is 1.90. The Labute approximate surface area is 91.2 Å². The molecule has 15 heavy (non-hydrogen) atoms. The van der Waals surface area contributed by atoms with Crippen LogP contribution in [0.25, 0.3) is 0 Å². The molecule has 0 amide bonds. The maximum atomic E-state index is 9.81. The fourth-order valence-corrected chi connectivity index (χ4v) is 1.90. The van der Waals surface area contributed by atoms with E-state index in [1.165, 1.54) is 0 Å². The number of aliphatic hydroxyl groups excluding tert-OH is 2. The average molecular weight is 218 g/mol. The summed E-state index contributed by atoms with van der Waals surface area (Å²) in [6, 6.07) is 0. The first-order chi connectivity index (χ1) is 7.20. The van der Waals surface area contributed by atoms with Gasteiger partial charge in [0.25, 0.3) is 0 Å². The minimum atomic E-state index is -0.774. The van der Waals surface area contributed by atoms with Crippen molar-refractivity contribution in [3.05, 3.63) is 0 Å². The van der Waals surface area contributed by atoms with Crippen molar-refractivity contribution in [2.75, 3.05) is 19.8 Å². The highest BCUT2D eigenvalue weighted by molar-refractivity contribution is 4.85. The minimum absolute atomic E-state index is 0.0587. The molecule has 0 aromatic carbocycles. The van der Waals surface area contributed by atoms with Crippen LogP contribution in [0.1, 0.15) is 26.7 Å². The van der Waals surface area contributed by atoms with Crippen molar-refractivity contribution in [2.24, 2.45) is 5.92 Å². The number of aliphatic hydroxyl groups is 2. The molecule has 4 nitrogen and oxygen atoms in total. The Morgan fingerprint density at radius 3 is 2.60 bits per heavy atom. The zero-order valence-electron chi connectivity index (χ0n) is 9.56. The Balaban J connectivity index is 2.35. The van der Waals surface area contributed by atoms with E-state index < -0.39 is 12.2 Å². The van der Waals surface area contributed by atoms with Crippen LogP contribution in [-0.4, -0.2) is 48.3 Å². The second-order valence-electron chi connectivity index (χ2n) is 4.01. The zero-order valence-corrected chi connectivity index (χ0v) is 9.56. The molecule has 0 aliphatic carbocycles. The summed E-state index contributed by atoms with van der Waals surface area (Å²) in [6.07, 6.45) is -0.243. The van der Waals surface area contributed by atoms with Crippen LogP contribution in [0.4, 0.5) is 0 Å². The van der Waals surface area contributed by atoms with Crippen LogP contribution in [0.15, 0.2) is 0 Å². The molecule has 90 valence electrons. The van der Waals surface area contributed by atoms with E-state index in [0.29, 0.717) is 26.2 Å². The third-order valence-corrected chi connectivity index (χ3v) is 3.01. The van der Waals surface area contributed by atoms with Gasteiger partial charge in [0.1, 0.15) is 6.10 Å². The smallest absolute Gasteiger partial charge is 0.106 e. The summed E-state index contributed by atoms with van der Waals surface area (Å²) < 4.78 is 10.7. The average Bonchev–Trinajstić information content (AvgIpc) is 2.25. The monoisotopic (exact) mass is 218 g/mol. The molecule has 2 N–H and O–H groups in total. The highest BCUT2D eigenvalue weighted by Gasteiger charge is 2.36. The summed E-state index contributed by atoms with van der Waals surface area (Å²) in [5.41, 5.74) is 0. The Hall–Kier alpha value is -0.160. The third-order valence-electron chi connectivity index (χ3n) is 3.01. The Bertz CT molecular complexity index is 172. The van der Waals surface area contributed by atoms with Gasteiger partial charge in [-0.3, -0.25) is 0 Å². The molecular formula is C11H22O4. The van der Waals surface area contributed by atoms with Crippen molar-refractivity contribution in [1.29, 1.82) is 0 Å². The lowest BCUT2D eigenvalue weighted by Gasteiger charge is -2.37. The Morgan fingerprint density at radius 1 is 1.27 bits per heavy atom. The summed E-state index contributed by atoms with van der Waals surface area (Å²) in [7, 11) is 0. The van der Waals surface area contributed by atoms with Gasteiger partial charge < -0.3 is 19.7 Å². The topological polar surface area (TPSA) is 58.9 Å². The predicted octanol–water partition coefficient (Wildman–Crippen LogP) is 0.560. The molecular weight excluding hydrogens is 196 g/mol. The maximum Gasteiger partial charge on any atom is 0.106 e. The number of ether oxygens (including phenoxy) is 2. The van der Waals surface area contributed by atoms with Crippen molar-refractivity contribution in [3.63, 3.8) is 0 Å². The molecule has 0 aromatic rings. The fraction of sp³-hybridized carbons (Fsp3) is 1.00. The molecule has 0 bridgehead atoms. The van der Waals surface area contributed by atoms with Gasteiger partial charge in [0.2, 0.25) is 0 Å². The molecule has 1 fully saturated rings. The van der Waals surface area contributed by atoms with Gasteiger partial charge in [0.05, 0.1) is 18.8 Å². The van der Waals surface area contributed by atoms with Crippen molar-refractivity contribution >= 4 is 0 Å². The molecule has 1 rings (SSSR count). The maximum absolute atomic E-state index is 9.81. The predicted molar refractivity (Wildman–Crippen MR) is 56.6 cm³/mol. The molecule has 0 aromatic heterocycles. The molecule has 1 aliphatic heterocycles. The first-order valence-electron chi connectivity index (χ1n) is 5.76. The van der Waals surface area contributed by atoms with Crippen LogP contribution < -0.4 is 0 Å². The van der Waals surface area contributed by atoms with Crippen LogP contribution in [0.2, 0.25) is 0 Å². The van der Waals surface area contributed by atoms with E-state index in [1.54, 1.807) is 0 Å². The Morgan fingerprint density at radius 2 is 2.00 bits per heavy atom. The summed E-state index contributed by atoms with van der Waals surface area (Å²) in [4.78, 5) is 0. The van der Waals surface area contributed by atoms with Crippen LogP contribution in [0.3, 0.4) is 0 Å². The Kier molecular flexibility index (Phi) is 5.53. The molecule has 1 heterocycles. The number of hydrogen-bond donors (Lipinski definition) is 2. The SMILES string of the molecule is CCOCCC1OCC(CC)C(O)C1O. The molecule has 1 aliphatic rings. The quantitative estimate of drug-likeness (QED) is 0.662. The molecule has 0 radical (unpaired) electrons. The van der Waals surface area contributed by atoms with E-state index in [0.717, 1.165) is 6.42 Å². The molecule has 4 atom stereocenters. The highest BCUT2D eigenvalue weighted by Crippen LogP contribution is 2.24. The van der Waals surface area contributed by atoms with Gasteiger partial charge >= 0.3 is 0 Å². The largest absolute Gasteiger partial charge is 0.390 e. The lowest BCUT2D eigenvalue weighted by molar-refractivity contribution is -0.169. The van der Waals surface area contributed by atoms with Gasteiger partial charge in [-0.1, -0.05) is 6.92 Å². The molecule has 1 saturated heterocycles. The summed E-state index contributed by atoms with van der Waals surface area (Å²) >= 11 is 0. The second kappa shape index (κ2) is 6.43. The van der Waals surface area contributed by atoms with Gasteiger partial charge in [-0.2, -0.15) is 0 Å².